The fourth-order valence-corrected chi connectivity index (χ4v) is 3.99. The summed E-state index contributed by atoms with van der Waals surface area (Å²) in [7, 11) is 2.07. The summed E-state index contributed by atoms with van der Waals surface area (Å²) in [5, 5.41) is 10.4. The zero-order chi connectivity index (χ0) is 20.4. The number of aromatic nitrogens is 2. The number of nitrogens with zero attached hydrogens (tertiary/aromatic N) is 3. The van der Waals surface area contributed by atoms with Gasteiger partial charge in [0.15, 0.2) is 5.82 Å². The van der Waals surface area contributed by atoms with Crippen molar-refractivity contribution in [3.8, 4) is 10.6 Å². The first-order valence-electron chi connectivity index (χ1n) is 9.30. The first-order chi connectivity index (χ1) is 14.0. The van der Waals surface area contributed by atoms with Crippen LogP contribution in [0, 0.1) is 0 Å². The molecule has 3 heterocycles. The summed E-state index contributed by atoms with van der Waals surface area (Å²) < 4.78 is 0. The maximum Gasteiger partial charge on any atom is 0.258 e. The number of hydrogen-bond donors (Lipinski definition) is 3. The molecule has 0 aliphatic carbocycles. The molecule has 0 unspecified atom stereocenters. The molecule has 0 saturated carbocycles. The van der Waals surface area contributed by atoms with Crippen molar-refractivity contribution in [3.63, 3.8) is 0 Å². The number of anilines is 2. The van der Waals surface area contributed by atoms with E-state index in [0.717, 1.165) is 42.4 Å². The van der Waals surface area contributed by atoms with Gasteiger partial charge in [0.25, 0.3) is 11.8 Å². The van der Waals surface area contributed by atoms with Crippen molar-refractivity contribution >= 4 is 34.7 Å². The molecule has 3 aromatic rings. The summed E-state index contributed by atoms with van der Waals surface area (Å²) in [5.41, 5.74) is 7.62. The Morgan fingerprint density at radius 2 is 1.83 bits per heavy atom. The number of carbonyl (C=O) groups excluding carboxylic acids is 2. The predicted octanol–water partition coefficient (Wildman–Crippen LogP) is 2.37. The smallest absolute Gasteiger partial charge is 0.258 e. The van der Waals surface area contributed by atoms with Gasteiger partial charge in [-0.3, -0.25) is 14.7 Å². The number of nitrogens with one attached hydrogen (secondary N) is 2. The molecule has 4 rings (SSSR count). The van der Waals surface area contributed by atoms with E-state index in [4.69, 9.17) is 5.73 Å². The van der Waals surface area contributed by atoms with Crippen LogP contribution < -0.4 is 11.1 Å². The molecule has 0 radical (unpaired) electrons. The molecular formula is C20H22N6O2S. The number of nitrogens with two attached hydrogens (primary N) is 1. The number of rotatable bonds is 5. The summed E-state index contributed by atoms with van der Waals surface area (Å²) in [6, 6.07) is 12.8. The molecular weight excluding hydrogens is 388 g/mol. The number of primary amides is 1. The molecule has 2 amide bonds. The van der Waals surface area contributed by atoms with Crippen LogP contribution in [-0.4, -0.2) is 65.0 Å². The Morgan fingerprint density at radius 1 is 1.10 bits per heavy atom. The lowest BCUT2D eigenvalue weighted by Gasteiger charge is -2.32. The Bertz CT molecular complexity index is 1020. The number of thiophene rings is 1. The second kappa shape index (κ2) is 8.06. The van der Waals surface area contributed by atoms with E-state index in [1.165, 1.54) is 11.3 Å². The van der Waals surface area contributed by atoms with E-state index >= 15 is 0 Å². The maximum absolute atomic E-state index is 12.6. The number of aromatic amines is 1. The van der Waals surface area contributed by atoms with Crippen LogP contribution in [0.4, 0.5) is 11.5 Å². The van der Waals surface area contributed by atoms with Gasteiger partial charge in [0, 0.05) is 43.5 Å². The first-order valence-corrected chi connectivity index (χ1v) is 10.1. The van der Waals surface area contributed by atoms with Crippen LogP contribution in [0.3, 0.4) is 0 Å². The number of carbonyl (C=O) groups is 2. The molecule has 4 N–H and O–H groups in total. The zero-order valence-electron chi connectivity index (χ0n) is 16.0. The largest absolute Gasteiger partial charge is 0.365 e. The van der Waals surface area contributed by atoms with E-state index in [9.17, 15) is 9.59 Å². The summed E-state index contributed by atoms with van der Waals surface area (Å²) in [6.07, 6.45) is 0. The van der Waals surface area contributed by atoms with Gasteiger partial charge < -0.3 is 20.9 Å². The lowest BCUT2D eigenvalue weighted by Crippen LogP contribution is -2.47. The molecule has 1 aromatic carbocycles. The molecule has 8 nitrogen and oxygen atoms in total. The minimum absolute atomic E-state index is 0.0645. The Kier molecular flexibility index (Phi) is 5.32. The van der Waals surface area contributed by atoms with Crippen molar-refractivity contribution in [3.05, 3.63) is 52.9 Å². The van der Waals surface area contributed by atoms with Crippen LogP contribution in [0.15, 0.2) is 42.5 Å². The third-order valence-corrected chi connectivity index (χ3v) is 6.02. The van der Waals surface area contributed by atoms with Crippen LogP contribution in [-0.2, 0) is 0 Å². The Morgan fingerprint density at radius 3 is 2.48 bits per heavy atom. The standard InChI is InChI=1S/C20H22N6O2S/c1-25-8-10-26(11-9-25)20(28)13-2-4-14(5-3-13)22-18-12-15(23-24-18)16-6-7-17(29-16)19(21)27/h2-7,12H,8-11H2,1H3,(H2,21,27)(H2,22,23,24). The van der Waals surface area contributed by atoms with Gasteiger partial charge in [0.2, 0.25) is 0 Å². The topological polar surface area (TPSA) is 107 Å². The highest BCUT2D eigenvalue weighted by Gasteiger charge is 2.20. The monoisotopic (exact) mass is 410 g/mol. The summed E-state index contributed by atoms with van der Waals surface area (Å²) in [5.74, 6) is 0.271. The van der Waals surface area contributed by atoms with Crippen molar-refractivity contribution in [2.75, 3.05) is 38.5 Å². The van der Waals surface area contributed by atoms with Gasteiger partial charge in [-0.15, -0.1) is 11.3 Å². The number of amides is 2. The highest BCUT2D eigenvalue weighted by molar-refractivity contribution is 7.17. The number of piperazine rings is 1. The molecule has 1 fully saturated rings. The SMILES string of the molecule is CN1CCN(C(=O)c2ccc(Nc3cc(-c4ccc(C(N)=O)s4)[nH]n3)cc2)CC1. The third-order valence-electron chi connectivity index (χ3n) is 4.89. The van der Waals surface area contributed by atoms with Crippen molar-refractivity contribution in [1.82, 2.24) is 20.0 Å². The number of likely N-dealkylation sites (N-methyl/N-ethyl adjacent to an activating group) is 1. The summed E-state index contributed by atoms with van der Waals surface area (Å²) in [6.45, 7) is 3.31. The van der Waals surface area contributed by atoms with Crippen LogP contribution >= 0.6 is 11.3 Å². The molecule has 0 bridgehead atoms. The number of benzene rings is 1. The summed E-state index contributed by atoms with van der Waals surface area (Å²) >= 11 is 1.31. The predicted molar refractivity (Wildman–Crippen MR) is 114 cm³/mol. The maximum atomic E-state index is 12.6. The van der Waals surface area contributed by atoms with Crippen LogP contribution in [0.25, 0.3) is 10.6 Å². The van der Waals surface area contributed by atoms with Gasteiger partial charge in [-0.2, -0.15) is 5.10 Å². The molecule has 150 valence electrons. The number of hydrogen-bond acceptors (Lipinski definition) is 6. The Balaban J connectivity index is 1.40. The van der Waals surface area contributed by atoms with E-state index in [1.807, 2.05) is 41.3 Å². The van der Waals surface area contributed by atoms with Gasteiger partial charge in [0.05, 0.1) is 15.4 Å². The van der Waals surface area contributed by atoms with Crippen molar-refractivity contribution < 1.29 is 9.59 Å². The van der Waals surface area contributed by atoms with E-state index < -0.39 is 5.91 Å². The lowest BCUT2D eigenvalue weighted by atomic mass is 10.1. The average molecular weight is 411 g/mol. The molecule has 1 aliphatic rings. The highest BCUT2D eigenvalue weighted by atomic mass is 32.1. The Hall–Kier alpha value is -3.17. The fourth-order valence-electron chi connectivity index (χ4n) is 3.16. The van der Waals surface area contributed by atoms with Gasteiger partial charge >= 0.3 is 0 Å². The van der Waals surface area contributed by atoms with Crippen molar-refractivity contribution in [1.29, 1.82) is 0 Å². The van der Waals surface area contributed by atoms with Gasteiger partial charge in [-0.05, 0) is 43.4 Å². The second-order valence-electron chi connectivity index (χ2n) is 6.99. The second-order valence-corrected chi connectivity index (χ2v) is 8.08. The quantitative estimate of drug-likeness (QED) is 0.599. The lowest BCUT2D eigenvalue weighted by molar-refractivity contribution is 0.0664. The van der Waals surface area contributed by atoms with E-state index in [-0.39, 0.29) is 5.91 Å². The zero-order valence-corrected chi connectivity index (χ0v) is 16.8. The van der Waals surface area contributed by atoms with E-state index in [2.05, 4.69) is 27.5 Å². The molecule has 9 heteroatoms. The van der Waals surface area contributed by atoms with Crippen LogP contribution in [0.1, 0.15) is 20.0 Å². The van der Waals surface area contributed by atoms with Crippen LogP contribution in [0.5, 0.6) is 0 Å². The van der Waals surface area contributed by atoms with Gasteiger partial charge in [0.1, 0.15) is 0 Å². The first kappa shape index (κ1) is 19.2. The van der Waals surface area contributed by atoms with Gasteiger partial charge in [-0.1, -0.05) is 0 Å². The fraction of sp³-hybridized carbons (Fsp3) is 0.250. The summed E-state index contributed by atoms with van der Waals surface area (Å²) in [4.78, 5) is 29.4. The molecule has 0 atom stereocenters. The van der Waals surface area contributed by atoms with Crippen LogP contribution in [0.2, 0.25) is 0 Å². The minimum Gasteiger partial charge on any atom is -0.365 e. The van der Waals surface area contributed by atoms with Crippen molar-refractivity contribution in [2.24, 2.45) is 5.73 Å². The average Bonchev–Trinajstić information content (AvgIpc) is 3.38. The normalized spacial score (nSPS) is 14.7. The molecule has 0 spiro atoms. The number of H-pyrrole nitrogens is 1. The minimum atomic E-state index is -0.440. The molecule has 1 aliphatic heterocycles. The van der Waals surface area contributed by atoms with E-state index in [1.54, 1.807) is 6.07 Å². The van der Waals surface area contributed by atoms with Crippen molar-refractivity contribution in [2.45, 2.75) is 0 Å². The highest BCUT2D eigenvalue weighted by Crippen LogP contribution is 2.28. The molecule has 29 heavy (non-hydrogen) atoms. The Labute approximate surface area is 172 Å². The molecule has 2 aromatic heterocycles. The third kappa shape index (κ3) is 4.30. The molecule has 1 saturated heterocycles. The van der Waals surface area contributed by atoms with E-state index in [0.29, 0.717) is 16.3 Å². The van der Waals surface area contributed by atoms with Gasteiger partial charge in [-0.25, -0.2) is 0 Å².